The highest BCUT2D eigenvalue weighted by molar-refractivity contribution is 5.99. The van der Waals surface area contributed by atoms with E-state index >= 15 is 0 Å². The lowest BCUT2D eigenvalue weighted by atomic mass is 9.78. The van der Waals surface area contributed by atoms with E-state index in [-0.39, 0.29) is 24.8 Å². The van der Waals surface area contributed by atoms with Crippen molar-refractivity contribution in [2.45, 2.75) is 25.4 Å². The summed E-state index contributed by atoms with van der Waals surface area (Å²) in [5, 5.41) is 9.14. The van der Waals surface area contributed by atoms with Crippen LogP contribution in [-0.4, -0.2) is 46.6 Å². The number of likely N-dealkylation sites (tertiary alicyclic amines) is 1. The average molecular weight is 343 g/mol. The Morgan fingerprint density at radius 3 is 2.67 bits per heavy atom. The average Bonchev–Trinajstić information content (AvgIpc) is 2.83. The molecule has 2 amide bonds. The van der Waals surface area contributed by atoms with E-state index < -0.39 is 23.4 Å². The fraction of sp³-hybridized carbons (Fsp3) is 0.533. The lowest BCUT2D eigenvalue weighted by molar-refractivity contribution is -0.141. The van der Waals surface area contributed by atoms with Crippen LogP contribution in [0.15, 0.2) is 18.2 Å². The van der Waals surface area contributed by atoms with Crippen LogP contribution >= 0.6 is 0 Å². The number of pyridine rings is 1. The Morgan fingerprint density at radius 1 is 1.25 bits per heavy atom. The van der Waals surface area contributed by atoms with Crippen molar-refractivity contribution in [2.75, 3.05) is 24.5 Å². The van der Waals surface area contributed by atoms with Crippen LogP contribution in [-0.2, 0) is 11.0 Å². The van der Waals surface area contributed by atoms with Gasteiger partial charge in [-0.1, -0.05) is 6.07 Å². The summed E-state index contributed by atoms with van der Waals surface area (Å²) in [6.45, 7) is 0.684. The van der Waals surface area contributed by atoms with Crippen LogP contribution in [0.5, 0.6) is 0 Å². The molecule has 0 bridgehead atoms. The number of carboxylic acid groups (broad SMARTS) is 1. The third-order valence-electron chi connectivity index (χ3n) is 4.66. The SMILES string of the molecule is O=C(O)N1CCCC2(CCN(c3cccc(C(F)(F)F)n3)C2=O)C1. The van der Waals surface area contributed by atoms with Gasteiger partial charge in [0.1, 0.15) is 11.5 Å². The summed E-state index contributed by atoms with van der Waals surface area (Å²) in [6, 6.07) is 3.43. The van der Waals surface area contributed by atoms with Gasteiger partial charge in [0.2, 0.25) is 5.91 Å². The number of carbonyl (C=O) groups excluding carboxylic acids is 1. The van der Waals surface area contributed by atoms with E-state index in [1.54, 1.807) is 0 Å². The number of rotatable bonds is 1. The lowest BCUT2D eigenvalue weighted by Gasteiger charge is -2.37. The van der Waals surface area contributed by atoms with Crippen LogP contribution in [0.25, 0.3) is 0 Å². The highest BCUT2D eigenvalue weighted by Crippen LogP contribution is 2.42. The van der Waals surface area contributed by atoms with E-state index in [0.717, 1.165) is 6.07 Å². The van der Waals surface area contributed by atoms with Gasteiger partial charge in [0.05, 0.1) is 5.41 Å². The maximum absolute atomic E-state index is 12.8. The summed E-state index contributed by atoms with van der Waals surface area (Å²) >= 11 is 0. The zero-order chi connectivity index (χ0) is 17.5. The van der Waals surface area contributed by atoms with Crippen molar-refractivity contribution in [3.05, 3.63) is 23.9 Å². The molecule has 1 atom stereocenters. The maximum Gasteiger partial charge on any atom is 0.433 e. The Kier molecular flexibility index (Phi) is 3.89. The van der Waals surface area contributed by atoms with Gasteiger partial charge in [0, 0.05) is 19.6 Å². The van der Waals surface area contributed by atoms with Gasteiger partial charge in [-0.15, -0.1) is 0 Å². The highest BCUT2D eigenvalue weighted by Gasteiger charge is 2.50. The van der Waals surface area contributed by atoms with Crippen molar-refractivity contribution < 1.29 is 27.9 Å². The molecule has 0 aromatic carbocycles. The molecule has 6 nitrogen and oxygen atoms in total. The first-order valence-electron chi connectivity index (χ1n) is 7.57. The zero-order valence-electron chi connectivity index (χ0n) is 12.7. The molecule has 1 N–H and O–H groups in total. The van der Waals surface area contributed by atoms with Gasteiger partial charge >= 0.3 is 12.3 Å². The van der Waals surface area contributed by atoms with Gasteiger partial charge < -0.3 is 10.0 Å². The van der Waals surface area contributed by atoms with Crippen molar-refractivity contribution in [2.24, 2.45) is 5.41 Å². The number of piperidine rings is 1. The van der Waals surface area contributed by atoms with Gasteiger partial charge in [-0.3, -0.25) is 9.69 Å². The Balaban J connectivity index is 1.85. The van der Waals surface area contributed by atoms with E-state index in [9.17, 15) is 22.8 Å². The second kappa shape index (κ2) is 5.64. The largest absolute Gasteiger partial charge is 0.465 e. The van der Waals surface area contributed by atoms with Crippen molar-refractivity contribution in [3.8, 4) is 0 Å². The third-order valence-corrected chi connectivity index (χ3v) is 4.66. The third kappa shape index (κ3) is 2.78. The van der Waals surface area contributed by atoms with Gasteiger partial charge in [-0.05, 0) is 31.4 Å². The molecule has 3 rings (SSSR count). The fourth-order valence-corrected chi connectivity index (χ4v) is 3.44. The zero-order valence-corrected chi connectivity index (χ0v) is 12.7. The number of nitrogens with zero attached hydrogens (tertiary/aromatic N) is 3. The van der Waals surface area contributed by atoms with E-state index in [0.29, 0.717) is 25.8 Å². The summed E-state index contributed by atoms with van der Waals surface area (Å²) in [5.41, 5.74) is -1.91. The van der Waals surface area contributed by atoms with Crippen LogP contribution in [0.3, 0.4) is 0 Å². The number of hydrogen-bond acceptors (Lipinski definition) is 3. The molecule has 1 aromatic rings. The molecule has 0 radical (unpaired) electrons. The van der Waals surface area contributed by atoms with Crippen molar-refractivity contribution >= 4 is 17.8 Å². The smallest absolute Gasteiger partial charge is 0.433 e. The van der Waals surface area contributed by atoms with Gasteiger partial charge in [0.25, 0.3) is 0 Å². The summed E-state index contributed by atoms with van der Waals surface area (Å²) in [7, 11) is 0. The van der Waals surface area contributed by atoms with Crippen LogP contribution in [0.1, 0.15) is 25.0 Å². The first kappa shape index (κ1) is 16.5. The van der Waals surface area contributed by atoms with E-state index in [2.05, 4.69) is 4.98 Å². The second-order valence-corrected chi connectivity index (χ2v) is 6.17. The molecule has 1 spiro atoms. The topological polar surface area (TPSA) is 73.7 Å². The van der Waals surface area contributed by atoms with Crippen LogP contribution in [0.2, 0.25) is 0 Å². The molecule has 2 fully saturated rings. The van der Waals surface area contributed by atoms with Crippen LogP contribution < -0.4 is 4.90 Å². The molecule has 3 heterocycles. The van der Waals surface area contributed by atoms with Crippen molar-refractivity contribution in [3.63, 3.8) is 0 Å². The molecule has 1 unspecified atom stereocenters. The molecular weight excluding hydrogens is 327 g/mol. The van der Waals surface area contributed by atoms with E-state index in [1.807, 2.05) is 0 Å². The van der Waals surface area contributed by atoms with Gasteiger partial charge in [0.15, 0.2) is 0 Å². The van der Waals surface area contributed by atoms with Gasteiger partial charge in [-0.25, -0.2) is 9.78 Å². The Bertz CT molecular complexity index is 679. The number of carbonyl (C=O) groups is 2. The molecule has 0 saturated carbocycles. The maximum atomic E-state index is 12.8. The highest BCUT2D eigenvalue weighted by atomic mass is 19.4. The number of alkyl halides is 3. The molecular formula is C15H16F3N3O3. The molecule has 9 heteroatoms. The predicted octanol–water partition coefficient (Wildman–Crippen LogP) is 2.60. The Hall–Kier alpha value is -2.32. The number of hydrogen-bond donors (Lipinski definition) is 1. The van der Waals surface area contributed by atoms with Crippen molar-refractivity contribution in [1.82, 2.24) is 9.88 Å². The van der Waals surface area contributed by atoms with Crippen molar-refractivity contribution in [1.29, 1.82) is 0 Å². The number of aromatic nitrogens is 1. The Labute approximate surface area is 135 Å². The summed E-state index contributed by atoms with van der Waals surface area (Å²) in [4.78, 5) is 30.0. The number of anilines is 1. The first-order chi connectivity index (χ1) is 11.2. The Morgan fingerprint density at radius 2 is 2.00 bits per heavy atom. The summed E-state index contributed by atoms with van der Waals surface area (Å²) < 4.78 is 38.4. The molecule has 2 aliphatic heterocycles. The molecule has 0 aliphatic carbocycles. The minimum absolute atomic E-state index is 0.0425. The molecule has 2 saturated heterocycles. The van der Waals surface area contributed by atoms with E-state index in [4.69, 9.17) is 5.11 Å². The summed E-state index contributed by atoms with van der Waals surface area (Å²) in [5.74, 6) is -0.389. The standard InChI is InChI=1S/C15H16F3N3O3/c16-15(17,18)10-3-1-4-11(19-10)21-8-6-14(12(21)22)5-2-7-20(9-14)13(23)24/h1,3-4H,2,5-9H2,(H,23,24). The van der Waals surface area contributed by atoms with E-state index in [1.165, 1.54) is 21.9 Å². The number of halogens is 3. The molecule has 24 heavy (non-hydrogen) atoms. The molecule has 1 aromatic heterocycles. The lowest BCUT2D eigenvalue weighted by Crippen LogP contribution is -2.49. The summed E-state index contributed by atoms with van der Waals surface area (Å²) in [6.07, 6.45) is -4.17. The monoisotopic (exact) mass is 343 g/mol. The van der Waals surface area contributed by atoms with Crippen LogP contribution in [0, 0.1) is 5.41 Å². The molecule has 130 valence electrons. The fourth-order valence-electron chi connectivity index (χ4n) is 3.44. The predicted molar refractivity (Wildman–Crippen MR) is 77.5 cm³/mol. The normalized spacial score (nSPS) is 24.7. The van der Waals surface area contributed by atoms with Crippen LogP contribution in [0.4, 0.5) is 23.8 Å². The second-order valence-electron chi connectivity index (χ2n) is 6.17. The first-order valence-corrected chi connectivity index (χ1v) is 7.57. The molecule has 2 aliphatic rings. The quantitative estimate of drug-likeness (QED) is 0.851. The minimum atomic E-state index is -4.58. The minimum Gasteiger partial charge on any atom is -0.465 e. The number of amides is 2. The van der Waals surface area contributed by atoms with Gasteiger partial charge in [-0.2, -0.15) is 13.2 Å².